The molecule has 0 saturated carbocycles. The van der Waals surface area contributed by atoms with Gasteiger partial charge in [-0.1, -0.05) is 0 Å². The summed E-state index contributed by atoms with van der Waals surface area (Å²) in [6.07, 6.45) is 0. The molecule has 7 heteroatoms. The third-order valence-corrected chi connectivity index (χ3v) is 3.44. The summed E-state index contributed by atoms with van der Waals surface area (Å²) < 4.78 is 10.3. The highest BCUT2D eigenvalue weighted by Gasteiger charge is 2.11. The van der Waals surface area contributed by atoms with Crippen LogP contribution >= 0.6 is 11.3 Å². The molecule has 1 aromatic heterocycles. The number of benzene rings is 1. The average molecular weight is 293 g/mol. The van der Waals surface area contributed by atoms with E-state index in [2.05, 4.69) is 10.3 Å². The predicted molar refractivity (Wildman–Crippen MR) is 77.5 cm³/mol. The second-order valence-corrected chi connectivity index (χ2v) is 4.83. The number of hydrogen-bond acceptors (Lipinski definition) is 6. The Kier molecular flexibility index (Phi) is 4.54. The van der Waals surface area contributed by atoms with Gasteiger partial charge in [0.2, 0.25) is 0 Å². The minimum absolute atomic E-state index is 0.295. The van der Waals surface area contributed by atoms with Gasteiger partial charge in [-0.2, -0.15) is 0 Å². The Labute approximate surface area is 120 Å². The lowest BCUT2D eigenvalue weighted by Crippen LogP contribution is -2.13. The molecule has 0 bridgehead atoms. The summed E-state index contributed by atoms with van der Waals surface area (Å²) in [4.78, 5) is 16.2. The third-order valence-electron chi connectivity index (χ3n) is 2.57. The smallest absolute Gasteiger partial charge is 0.275 e. The van der Waals surface area contributed by atoms with E-state index in [1.165, 1.54) is 11.3 Å². The first-order valence-corrected chi connectivity index (χ1v) is 6.73. The molecule has 0 aliphatic rings. The Morgan fingerprint density at radius 1 is 1.30 bits per heavy atom. The Morgan fingerprint density at radius 2 is 1.95 bits per heavy atom. The first kappa shape index (κ1) is 14.3. The lowest BCUT2D eigenvalue weighted by molar-refractivity contribution is 0.102. The summed E-state index contributed by atoms with van der Waals surface area (Å²) in [5.74, 6) is 0.900. The molecule has 0 aliphatic heterocycles. The van der Waals surface area contributed by atoms with Crippen LogP contribution in [0, 0.1) is 0 Å². The van der Waals surface area contributed by atoms with Gasteiger partial charge >= 0.3 is 0 Å². The maximum Gasteiger partial charge on any atom is 0.275 e. The number of thiazole rings is 1. The molecular formula is C13H15N3O3S. The van der Waals surface area contributed by atoms with Gasteiger partial charge in [0, 0.05) is 35.8 Å². The number of ether oxygens (including phenoxy) is 2. The van der Waals surface area contributed by atoms with Crippen LogP contribution in [0.3, 0.4) is 0 Å². The summed E-state index contributed by atoms with van der Waals surface area (Å²) in [5, 5.41) is 5.15. The maximum absolute atomic E-state index is 12.1. The molecule has 106 valence electrons. The van der Waals surface area contributed by atoms with Crippen molar-refractivity contribution < 1.29 is 14.3 Å². The van der Waals surface area contributed by atoms with Gasteiger partial charge in [-0.25, -0.2) is 4.98 Å². The molecule has 0 spiro atoms. The third kappa shape index (κ3) is 3.25. The van der Waals surface area contributed by atoms with Gasteiger partial charge in [-0.05, 0) is 0 Å². The maximum atomic E-state index is 12.1. The van der Waals surface area contributed by atoms with Crippen LogP contribution in [-0.2, 0) is 6.54 Å². The van der Waals surface area contributed by atoms with Crippen molar-refractivity contribution in [2.24, 2.45) is 5.73 Å². The number of nitrogens with one attached hydrogen (secondary N) is 1. The number of methoxy groups -OCH3 is 2. The van der Waals surface area contributed by atoms with E-state index in [-0.39, 0.29) is 5.91 Å². The van der Waals surface area contributed by atoms with Gasteiger partial charge < -0.3 is 20.5 Å². The van der Waals surface area contributed by atoms with Crippen molar-refractivity contribution in [2.45, 2.75) is 6.54 Å². The highest BCUT2D eigenvalue weighted by Crippen LogP contribution is 2.26. The fraction of sp³-hybridized carbons (Fsp3) is 0.231. The monoisotopic (exact) mass is 293 g/mol. The molecule has 0 atom stereocenters. The number of anilines is 1. The number of aromatic nitrogens is 1. The second-order valence-electron chi connectivity index (χ2n) is 3.89. The predicted octanol–water partition coefficient (Wildman–Crippen LogP) is 1.87. The molecule has 6 nitrogen and oxygen atoms in total. The van der Waals surface area contributed by atoms with Crippen molar-refractivity contribution in [3.8, 4) is 11.5 Å². The number of amides is 1. The Bertz CT molecular complexity index is 590. The SMILES string of the molecule is COc1cc(NC(=O)c2csc(CN)n2)cc(OC)c1. The summed E-state index contributed by atoms with van der Waals surface area (Å²) in [6, 6.07) is 5.14. The Balaban J connectivity index is 2.18. The molecule has 1 heterocycles. The molecule has 2 rings (SSSR count). The summed E-state index contributed by atoms with van der Waals surface area (Å²) in [6.45, 7) is 0.324. The zero-order valence-electron chi connectivity index (χ0n) is 11.2. The normalized spacial score (nSPS) is 10.2. The van der Waals surface area contributed by atoms with E-state index in [0.717, 1.165) is 5.01 Å². The van der Waals surface area contributed by atoms with Crippen molar-refractivity contribution >= 4 is 22.9 Å². The van der Waals surface area contributed by atoms with E-state index >= 15 is 0 Å². The standard InChI is InChI=1S/C13H15N3O3S/c1-18-9-3-8(4-10(5-9)19-2)15-13(17)11-7-20-12(6-14)16-11/h3-5,7H,6,14H2,1-2H3,(H,15,17). The fourth-order valence-electron chi connectivity index (χ4n) is 1.58. The van der Waals surface area contributed by atoms with Gasteiger partial charge in [0.1, 0.15) is 22.2 Å². The molecule has 0 fully saturated rings. The van der Waals surface area contributed by atoms with E-state index in [9.17, 15) is 4.79 Å². The first-order chi connectivity index (χ1) is 9.66. The number of carbonyl (C=O) groups is 1. The van der Waals surface area contributed by atoms with Crippen LogP contribution < -0.4 is 20.5 Å². The lowest BCUT2D eigenvalue weighted by atomic mass is 10.2. The van der Waals surface area contributed by atoms with Gasteiger partial charge in [0.05, 0.1) is 14.2 Å². The van der Waals surface area contributed by atoms with Crippen LogP contribution in [-0.4, -0.2) is 25.1 Å². The molecular weight excluding hydrogens is 278 g/mol. The van der Waals surface area contributed by atoms with Crippen LogP contribution in [0.15, 0.2) is 23.6 Å². The lowest BCUT2D eigenvalue weighted by Gasteiger charge is -2.09. The van der Waals surface area contributed by atoms with Crippen molar-refractivity contribution in [3.63, 3.8) is 0 Å². The van der Waals surface area contributed by atoms with E-state index < -0.39 is 0 Å². The molecule has 1 aromatic carbocycles. The van der Waals surface area contributed by atoms with E-state index in [1.54, 1.807) is 37.8 Å². The fourth-order valence-corrected chi connectivity index (χ4v) is 2.24. The first-order valence-electron chi connectivity index (χ1n) is 5.85. The van der Waals surface area contributed by atoms with Gasteiger partial charge in [0.25, 0.3) is 5.91 Å². The quantitative estimate of drug-likeness (QED) is 0.879. The molecule has 1 amide bonds. The van der Waals surface area contributed by atoms with Crippen LogP contribution in [0.1, 0.15) is 15.5 Å². The molecule has 0 radical (unpaired) electrons. The number of rotatable bonds is 5. The molecule has 0 aliphatic carbocycles. The van der Waals surface area contributed by atoms with Gasteiger partial charge in [-0.3, -0.25) is 4.79 Å². The number of carbonyl (C=O) groups excluding carboxylic acids is 1. The second kappa shape index (κ2) is 6.36. The number of hydrogen-bond donors (Lipinski definition) is 2. The van der Waals surface area contributed by atoms with Crippen molar-refractivity contribution in [2.75, 3.05) is 19.5 Å². The molecule has 3 N–H and O–H groups in total. The molecule has 0 unspecified atom stereocenters. The van der Waals surface area contributed by atoms with E-state index in [4.69, 9.17) is 15.2 Å². The Hall–Kier alpha value is -2.12. The summed E-state index contributed by atoms with van der Waals surface area (Å²) >= 11 is 1.36. The van der Waals surface area contributed by atoms with Crippen LogP contribution in [0.4, 0.5) is 5.69 Å². The minimum atomic E-state index is -0.295. The minimum Gasteiger partial charge on any atom is -0.497 e. The summed E-state index contributed by atoms with van der Waals surface area (Å²) in [5.41, 5.74) is 6.40. The Morgan fingerprint density at radius 3 is 2.45 bits per heavy atom. The van der Waals surface area contributed by atoms with Crippen LogP contribution in [0.2, 0.25) is 0 Å². The van der Waals surface area contributed by atoms with E-state index in [1.807, 2.05) is 0 Å². The van der Waals surface area contributed by atoms with Gasteiger partial charge in [0.15, 0.2) is 0 Å². The average Bonchev–Trinajstić information content (AvgIpc) is 2.95. The zero-order valence-corrected chi connectivity index (χ0v) is 12.0. The number of nitrogens with zero attached hydrogens (tertiary/aromatic N) is 1. The highest BCUT2D eigenvalue weighted by molar-refractivity contribution is 7.09. The van der Waals surface area contributed by atoms with Crippen molar-refractivity contribution in [1.29, 1.82) is 0 Å². The topological polar surface area (TPSA) is 86.5 Å². The molecule has 2 aromatic rings. The highest BCUT2D eigenvalue weighted by atomic mass is 32.1. The van der Waals surface area contributed by atoms with Crippen LogP contribution in [0.5, 0.6) is 11.5 Å². The van der Waals surface area contributed by atoms with Crippen molar-refractivity contribution in [3.05, 3.63) is 34.3 Å². The molecule has 20 heavy (non-hydrogen) atoms. The number of nitrogens with two attached hydrogens (primary N) is 1. The zero-order chi connectivity index (χ0) is 14.5. The summed E-state index contributed by atoms with van der Waals surface area (Å²) in [7, 11) is 3.10. The van der Waals surface area contributed by atoms with E-state index in [0.29, 0.717) is 29.4 Å². The largest absolute Gasteiger partial charge is 0.497 e. The van der Waals surface area contributed by atoms with Crippen molar-refractivity contribution in [1.82, 2.24) is 4.98 Å². The van der Waals surface area contributed by atoms with Crippen LogP contribution in [0.25, 0.3) is 0 Å². The van der Waals surface area contributed by atoms with Gasteiger partial charge in [-0.15, -0.1) is 11.3 Å². The molecule has 0 saturated heterocycles.